The Balaban J connectivity index is 2.59. The van der Waals surface area contributed by atoms with E-state index in [-0.39, 0.29) is 5.75 Å². The van der Waals surface area contributed by atoms with E-state index < -0.39 is 5.82 Å². The van der Waals surface area contributed by atoms with Crippen molar-refractivity contribution < 1.29 is 9.50 Å². The zero-order valence-electron chi connectivity index (χ0n) is 7.97. The van der Waals surface area contributed by atoms with Crippen molar-refractivity contribution in [2.45, 2.75) is 19.8 Å². The van der Waals surface area contributed by atoms with Crippen molar-refractivity contribution in [2.24, 2.45) is 0 Å². The average Bonchev–Trinajstić information content (AvgIpc) is 2.56. The lowest BCUT2D eigenvalue weighted by atomic mass is 10.2. The first kappa shape index (κ1) is 9.06. The molecule has 0 aliphatic heterocycles. The normalized spacial score (nSPS) is 11.0. The van der Waals surface area contributed by atoms with Gasteiger partial charge in [0.2, 0.25) is 0 Å². The van der Waals surface area contributed by atoms with E-state index in [4.69, 9.17) is 5.11 Å². The molecule has 0 aliphatic rings. The van der Waals surface area contributed by atoms with Gasteiger partial charge in [-0.2, -0.15) is 0 Å². The molecule has 0 unspecified atom stereocenters. The molecule has 0 radical (unpaired) electrons. The van der Waals surface area contributed by atoms with Crippen molar-refractivity contribution in [3.05, 3.63) is 29.7 Å². The lowest BCUT2D eigenvalue weighted by molar-refractivity contribution is 0.436. The van der Waals surface area contributed by atoms with Gasteiger partial charge in [-0.05, 0) is 24.6 Å². The topological polar surface area (TPSA) is 36.0 Å². The highest BCUT2D eigenvalue weighted by atomic mass is 19.1. The van der Waals surface area contributed by atoms with Gasteiger partial charge in [0.15, 0.2) is 11.6 Å². The van der Waals surface area contributed by atoms with Crippen LogP contribution in [0.2, 0.25) is 0 Å². The SMILES string of the molecule is CCCc1cc2c(F)c(O)ccc2[nH]1. The van der Waals surface area contributed by atoms with Crippen LogP contribution in [0.3, 0.4) is 0 Å². The Morgan fingerprint density at radius 3 is 2.93 bits per heavy atom. The Morgan fingerprint density at radius 2 is 2.21 bits per heavy atom. The minimum atomic E-state index is -0.541. The van der Waals surface area contributed by atoms with Crippen molar-refractivity contribution in [1.82, 2.24) is 4.98 Å². The second kappa shape index (κ2) is 3.33. The molecule has 1 heterocycles. The fraction of sp³-hybridized carbons (Fsp3) is 0.273. The van der Waals surface area contributed by atoms with Gasteiger partial charge in [0.25, 0.3) is 0 Å². The average molecular weight is 193 g/mol. The molecule has 0 spiro atoms. The van der Waals surface area contributed by atoms with Gasteiger partial charge in [-0.1, -0.05) is 13.3 Å². The van der Waals surface area contributed by atoms with E-state index in [1.807, 2.05) is 0 Å². The molecule has 2 aromatic rings. The minimum absolute atomic E-state index is 0.292. The van der Waals surface area contributed by atoms with Gasteiger partial charge in [-0.3, -0.25) is 0 Å². The van der Waals surface area contributed by atoms with E-state index in [2.05, 4.69) is 11.9 Å². The van der Waals surface area contributed by atoms with Crippen LogP contribution in [0.15, 0.2) is 18.2 Å². The van der Waals surface area contributed by atoms with E-state index in [1.165, 1.54) is 6.07 Å². The molecule has 2 N–H and O–H groups in total. The first-order valence-electron chi connectivity index (χ1n) is 4.71. The Bertz CT molecular complexity index is 462. The number of phenols is 1. The number of phenolic OH excluding ortho intramolecular Hbond substituents is 1. The van der Waals surface area contributed by atoms with Crippen LogP contribution in [0.25, 0.3) is 10.9 Å². The van der Waals surface area contributed by atoms with Crippen LogP contribution in [0.1, 0.15) is 19.0 Å². The highest BCUT2D eigenvalue weighted by molar-refractivity contribution is 5.82. The van der Waals surface area contributed by atoms with Crippen molar-refractivity contribution >= 4 is 10.9 Å². The number of H-pyrrole nitrogens is 1. The smallest absolute Gasteiger partial charge is 0.174 e. The van der Waals surface area contributed by atoms with E-state index in [1.54, 1.807) is 12.1 Å². The van der Waals surface area contributed by atoms with Gasteiger partial charge in [0.05, 0.1) is 0 Å². The molecule has 0 saturated carbocycles. The highest BCUT2D eigenvalue weighted by Gasteiger charge is 2.08. The number of hydrogen-bond donors (Lipinski definition) is 2. The van der Waals surface area contributed by atoms with E-state index >= 15 is 0 Å². The van der Waals surface area contributed by atoms with E-state index in [0.717, 1.165) is 24.1 Å². The van der Waals surface area contributed by atoms with Crippen LogP contribution >= 0.6 is 0 Å². The Morgan fingerprint density at radius 1 is 1.43 bits per heavy atom. The predicted octanol–water partition coefficient (Wildman–Crippen LogP) is 2.97. The Kier molecular flexibility index (Phi) is 2.15. The first-order valence-corrected chi connectivity index (χ1v) is 4.71. The molecule has 2 nitrogen and oxygen atoms in total. The van der Waals surface area contributed by atoms with E-state index in [0.29, 0.717) is 5.39 Å². The quantitative estimate of drug-likeness (QED) is 0.755. The van der Waals surface area contributed by atoms with Crippen LogP contribution in [0.4, 0.5) is 4.39 Å². The molecule has 74 valence electrons. The number of hydrogen-bond acceptors (Lipinski definition) is 1. The summed E-state index contributed by atoms with van der Waals surface area (Å²) in [6.45, 7) is 2.07. The summed E-state index contributed by atoms with van der Waals surface area (Å²) in [4.78, 5) is 3.11. The lowest BCUT2D eigenvalue weighted by Crippen LogP contribution is -1.79. The summed E-state index contributed by atoms with van der Waals surface area (Å²) in [5.74, 6) is -0.833. The largest absolute Gasteiger partial charge is 0.505 e. The summed E-state index contributed by atoms with van der Waals surface area (Å²) in [6.07, 6.45) is 1.91. The third-order valence-electron chi connectivity index (χ3n) is 2.29. The van der Waals surface area contributed by atoms with Gasteiger partial charge in [0, 0.05) is 16.6 Å². The fourth-order valence-electron chi connectivity index (χ4n) is 1.62. The number of nitrogens with one attached hydrogen (secondary N) is 1. The third kappa shape index (κ3) is 1.35. The number of rotatable bonds is 2. The van der Waals surface area contributed by atoms with Crippen LogP contribution in [0.5, 0.6) is 5.75 Å². The first-order chi connectivity index (χ1) is 6.72. The maximum atomic E-state index is 13.4. The van der Waals surface area contributed by atoms with Crippen LogP contribution in [0, 0.1) is 5.82 Å². The molecular weight excluding hydrogens is 181 g/mol. The summed E-state index contributed by atoms with van der Waals surface area (Å²) in [6, 6.07) is 4.81. The lowest BCUT2D eigenvalue weighted by Gasteiger charge is -1.94. The maximum Gasteiger partial charge on any atom is 0.174 e. The number of aryl methyl sites for hydroxylation is 1. The molecule has 0 saturated heterocycles. The van der Waals surface area contributed by atoms with Gasteiger partial charge in [0.1, 0.15) is 0 Å². The molecule has 0 fully saturated rings. The molecule has 0 aliphatic carbocycles. The monoisotopic (exact) mass is 193 g/mol. The summed E-state index contributed by atoms with van der Waals surface area (Å²) in [5, 5.41) is 9.63. The second-order valence-corrected chi connectivity index (χ2v) is 3.40. The molecule has 0 bridgehead atoms. The van der Waals surface area contributed by atoms with Crippen LogP contribution in [-0.4, -0.2) is 10.1 Å². The summed E-state index contributed by atoms with van der Waals surface area (Å²) in [5.41, 5.74) is 1.75. The number of aromatic amines is 1. The Hall–Kier alpha value is -1.51. The molecule has 0 amide bonds. The second-order valence-electron chi connectivity index (χ2n) is 3.40. The molecule has 1 aromatic heterocycles. The van der Waals surface area contributed by atoms with Gasteiger partial charge < -0.3 is 10.1 Å². The summed E-state index contributed by atoms with van der Waals surface area (Å²) < 4.78 is 13.4. The number of aromatic nitrogens is 1. The molecule has 14 heavy (non-hydrogen) atoms. The van der Waals surface area contributed by atoms with Gasteiger partial charge in [-0.25, -0.2) is 4.39 Å². The zero-order valence-corrected chi connectivity index (χ0v) is 7.97. The van der Waals surface area contributed by atoms with Crippen LogP contribution in [-0.2, 0) is 6.42 Å². The number of benzene rings is 1. The molecule has 3 heteroatoms. The number of halogens is 1. The van der Waals surface area contributed by atoms with Crippen molar-refractivity contribution in [3.8, 4) is 5.75 Å². The van der Waals surface area contributed by atoms with Gasteiger partial charge in [-0.15, -0.1) is 0 Å². The molecule has 0 atom stereocenters. The summed E-state index contributed by atoms with van der Waals surface area (Å²) >= 11 is 0. The van der Waals surface area contributed by atoms with Gasteiger partial charge >= 0.3 is 0 Å². The van der Waals surface area contributed by atoms with Crippen molar-refractivity contribution in [2.75, 3.05) is 0 Å². The predicted molar refractivity (Wildman–Crippen MR) is 53.9 cm³/mol. The summed E-state index contributed by atoms with van der Waals surface area (Å²) in [7, 11) is 0. The maximum absolute atomic E-state index is 13.4. The van der Waals surface area contributed by atoms with Crippen LogP contribution < -0.4 is 0 Å². The molecule has 1 aromatic carbocycles. The molecular formula is C11H12FNO. The minimum Gasteiger partial charge on any atom is -0.505 e. The zero-order chi connectivity index (χ0) is 10.1. The highest BCUT2D eigenvalue weighted by Crippen LogP contribution is 2.26. The van der Waals surface area contributed by atoms with Crippen molar-refractivity contribution in [1.29, 1.82) is 0 Å². The van der Waals surface area contributed by atoms with Crippen molar-refractivity contribution in [3.63, 3.8) is 0 Å². The number of aromatic hydroxyl groups is 1. The molecule has 2 rings (SSSR count). The Labute approximate surface area is 81.4 Å². The van der Waals surface area contributed by atoms with E-state index in [9.17, 15) is 4.39 Å². The fourth-order valence-corrected chi connectivity index (χ4v) is 1.62. The standard InChI is InChI=1S/C11H12FNO/c1-2-3-7-6-8-9(13-7)4-5-10(14)11(8)12/h4-6,13-14H,2-3H2,1H3. The number of fused-ring (bicyclic) bond motifs is 1. The third-order valence-corrected chi connectivity index (χ3v) is 2.29.